The molecule has 0 heterocycles. The Kier molecular flexibility index (Phi) is 3.60. The van der Waals surface area contributed by atoms with Gasteiger partial charge in [0, 0.05) is 11.8 Å². The number of carbonyl (C=O) groups excluding carboxylic acids is 1. The Balaban J connectivity index is 3.01. The number of hydrogen-bond donors (Lipinski definition) is 0. The van der Waals surface area contributed by atoms with Crippen LogP contribution in [0.3, 0.4) is 0 Å². The standard InChI is InChI=1S/C10H10BrFO/c1-7-3-2-4-8(10(7)12)9(13)5-6-11/h2-4H,5-6H2,1H3. The van der Waals surface area contributed by atoms with Crippen LogP contribution in [-0.4, -0.2) is 11.1 Å². The van der Waals surface area contributed by atoms with Crippen molar-refractivity contribution < 1.29 is 9.18 Å². The molecule has 0 atom stereocenters. The summed E-state index contributed by atoms with van der Waals surface area (Å²) < 4.78 is 13.3. The second kappa shape index (κ2) is 4.51. The van der Waals surface area contributed by atoms with Crippen molar-refractivity contribution in [3.05, 3.63) is 35.1 Å². The van der Waals surface area contributed by atoms with Crippen molar-refractivity contribution in [2.45, 2.75) is 13.3 Å². The van der Waals surface area contributed by atoms with Crippen LogP contribution in [0.15, 0.2) is 18.2 Å². The lowest BCUT2D eigenvalue weighted by Gasteiger charge is -2.02. The van der Waals surface area contributed by atoms with Gasteiger partial charge in [0.2, 0.25) is 0 Å². The average molecular weight is 245 g/mol. The lowest BCUT2D eigenvalue weighted by atomic mass is 10.1. The molecule has 0 fully saturated rings. The number of Topliss-reactive ketones (excluding diaryl/α,β-unsaturated/α-hetero) is 1. The molecule has 0 aliphatic heterocycles. The van der Waals surface area contributed by atoms with Crippen LogP contribution in [0, 0.1) is 12.7 Å². The minimum atomic E-state index is -0.395. The molecule has 0 aromatic heterocycles. The van der Waals surface area contributed by atoms with Crippen molar-refractivity contribution in [1.82, 2.24) is 0 Å². The first-order valence-electron chi connectivity index (χ1n) is 4.01. The van der Waals surface area contributed by atoms with Crippen LogP contribution in [0.5, 0.6) is 0 Å². The van der Waals surface area contributed by atoms with E-state index < -0.39 is 5.82 Å². The Labute approximate surface area is 85.1 Å². The molecule has 13 heavy (non-hydrogen) atoms. The van der Waals surface area contributed by atoms with Gasteiger partial charge in [0.1, 0.15) is 5.82 Å². The van der Waals surface area contributed by atoms with Gasteiger partial charge in [-0.15, -0.1) is 0 Å². The van der Waals surface area contributed by atoms with Crippen LogP contribution < -0.4 is 0 Å². The molecule has 0 aliphatic rings. The summed E-state index contributed by atoms with van der Waals surface area (Å²) in [7, 11) is 0. The van der Waals surface area contributed by atoms with Gasteiger partial charge in [-0.05, 0) is 18.6 Å². The topological polar surface area (TPSA) is 17.1 Å². The van der Waals surface area contributed by atoms with Gasteiger partial charge in [-0.3, -0.25) is 4.79 Å². The van der Waals surface area contributed by atoms with Crippen LogP contribution in [0.2, 0.25) is 0 Å². The van der Waals surface area contributed by atoms with Crippen LogP contribution in [0.4, 0.5) is 4.39 Å². The molecule has 0 amide bonds. The molecule has 0 N–H and O–H groups in total. The van der Waals surface area contributed by atoms with Gasteiger partial charge in [0.15, 0.2) is 5.78 Å². The van der Waals surface area contributed by atoms with E-state index in [-0.39, 0.29) is 11.3 Å². The SMILES string of the molecule is Cc1cccc(C(=O)CCBr)c1F. The number of rotatable bonds is 3. The van der Waals surface area contributed by atoms with Crippen LogP contribution in [-0.2, 0) is 0 Å². The molecular weight excluding hydrogens is 235 g/mol. The van der Waals surface area contributed by atoms with E-state index in [1.165, 1.54) is 6.07 Å². The summed E-state index contributed by atoms with van der Waals surface area (Å²) in [6.07, 6.45) is 0.334. The average Bonchev–Trinajstić information content (AvgIpc) is 2.10. The fourth-order valence-electron chi connectivity index (χ4n) is 1.08. The van der Waals surface area contributed by atoms with E-state index >= 15 is 0 Å². The van der Waals surface area contributed by atoms with Crippen LogP contribution in [0.1, 0.15) is 22.3 Å². The minimum absolute atomic E-state index is 0.155. The number of hydrogen-bond acceptors (Lipinski definition) is 1. The fourth-order valence-corrected chi connectivity index (χ4v) is 1.44. The molecule has 0 radical (unpaired) electrons. The van der Waals surface area contributed by atoms with E-state index in [2.05, 4.69) is 15.9 Å². The fraction of sp³-hybridized carbons (Fsp3) is 0.300. The largest absolute Gasteiger partial charge is 0.294 e. The number of benzene rings is 1. The number of halogens is 2. The molecule has 1 aromatic rings. The van der Waals surface area contributed by atoms with Crippen molar-refractivity contribution in [3.8, 4) is 0 Å². The summed E-state index contributed by atoms with van der Waals surface area (Å²) in [5, 5.41) is 0.569. The van der Waals surface area contributed by atoms with Crippen molar-refractivity contribution >= 4 is 21.7 Å². The lowest BCUT2D eigenvalue weighted by Crippen LogP contribution is -2.03. The summed E-state index contributed by atoms with van der Waals surface area (Å²) >= 11 is 3.15. The molecule has 0 unspecified atom stereocenters. The summed E-state index contributed by atoms with van der Waals surface area (Å²) in [6.45, 7) is 1.65. The van der Waals surface area contributed by atoms with Gasteiger partial charge >= 0.3 is 0 Å². The normalized spacial score (nSPS) is 10.1. The molecule has 0 aliphatic carbocycles. The first-order chi connectivity index (χ1) is 6.16. The highest BCUT2D eigenvalue weighted by atomic mass is 79.9. The number of aryl methyl sites for hydroxylation is 1. The number of alkyl halides is 1. The summed E-state index contributed by atoms with van der Waals surface area (Å²) in [5.41, 5.74) is 0.708. The number of ketones is 1. The van der Waals surface area contributed by atoms with Crippen molar-refractivity contribution in [2.24, 2.45) is 0 Å². The van der Waals surface area contributed by atoms with Crippen LogP contribution >= 0.6 is 15.9 Å². The first kappa shape index (κ1) is 10.4. The summed E-state index contributed by atoms with van der Waals surface area (Å²) in [6, 6.07) is 4.87. The van der Waals surface area contributed by atoms with E-state index in [4.69, 9.17) is 0 Å². The zero-order valence-corrected chi connectivity index (χ0v) is 8.90. The van der Waals surface area contributed by atoms with Crippen molar-refractivity contribution in [2.75, 3.05) is 5.33 Å². The molecule has 3 heteroatoms. The van der Waals surface area contributed by atoms with E-state index in [0.717, 1.165) is 0 Å². The van der Waals surface area contributed by atoms with E-state index in [9.17, 15) is 9.18 Å². The quantitative estimate of drug-likeness (QED) is 0.590. The molecule has 0 saturated heterocycles. The highest BCUT2D eigenvalue weighted by Gasteiger charge is 2.11. The maximum absolute atomic E-state index is 13.3. The molecule has 70 valence electrons. The minimum Gasteiger partial charge on any atom is -0.294 e. The van der Waals surface area contributed by atoms with Gasteiger partial charge in [0.05, 0.1) is 5.56 Å². The maximum Gasteiger partial charge on any atom is 0.166 e. The van der Waals surface area contributed by atoms with Crippen molar-refractivity contribution in [3.63, 3.8) is 0 Å². The zero-order valence-electron chi connectivity index (χ0n) is 7.31. The highest BCUT2D eigenvalue weighted by molar-refractivity contribution is 9.09. The highest BCUT2D eigenvalue weighted by Crippen LogP contribution is 2.14. The third-order valence-corrected chi connectivity index (χ3v) is 2.21. The van der Waals surface area contributed by atoms with Gasteiger partial charge in [0.25, 0.3) is 0 Å². The molecule has 0 spiro atoms. The Morgan fingerprint density at radius 2 is 2.23 bits per heavy atom. The Morgan fingerprint density at radius 1 is 1.54 bits per heavy atom. The first-order valence-corrected chi connectivity index (χ1v) is 5.13. The summed E-state index contributed by atoms with van der Waals surface area (Å²) in [5.74, 6) is -0.550. The molecule has 1 nitrogen and oxygen atoms in total. The lowest BCUT2D eigenvalue weighted by molar-refractivity contribution is 0.0986. The third kappa shape index (κ3) is 2.37. The Morgan fingerprint density at radius 3 is 2.85 bits per heavy atom. The molecule has 1 aromatic carbocycles. The maximum atomic E-state index is 13.3. The number of carbonyl (C=O) groups is 1. The van der Waals surface area contributed by atoms with Gasteiger partial charge in [-0.2, -0.15) is 0 Å². The summed E-state index contributed by atoms with van der Waals surface area (Å²) in [4.78, 5) is 11.3. The second-order valence-corrected chi connectivity index (χ2v) is 3.59. The van der Waals surface area contributed by atoms with E-state index in [0.29, 0.717) is 17.3 Å². The predicted molar refractivity (Wildman–Crippen MR) is 53.9 cm³/mol. The van der Waals surface area contributed by atoms with Gasteiger partial charge in [-0.1, -0.05) is 28.1 Å². The monoisotopic (exact) mass is 244 g/mol. The predicted octanol–water partition coefficient (Wildman–Crippen LogP) is 3.10. The smallest absolute Gasteiger partial charge is 0.166 e. The van der Waals surface area contributed by atoms with Crippen molar-refractivity contribution in [1.29, 1.82) is 0 Å². The zero-order chi connectivity index (χ0) is 9.84. The molecular formula is C10H10BrFO. The third-order valence-electron chi connectivity index (χ3n) is 1.81. The van der Waals surface area contributed by atoms with Gasteiger partial charge in [-0.25, -0.2) is 4.39 Å². The molecule has 1 rings (SSSR count). The van der Waals surface area contributed by atoms with E-state index in [1.807, 2.05) is 0 Å². The van der Waals surface area contributed by atoms with Crippen LogP contribution in [0.25, 0.3) is 0 Å². The van der Waals surface area contributed by atoms with E-state index in [1.54, 1.807) is 19.1 Å². The Bertz CT molecular complexity index is 323. The molecule has 0 bridgehead atoms. The van der Waals surface area contributed by atoms with Gasteiger partial charge < -0.3 is 0 Å². The molecule has 0 saturated carbocycles. The second-order valence-electron chi connectivity index (χ2n) is 2.80. The Hall–Kier alpha value is -0.700.